The highest BCUT2D eigenvalue weighted by Crippen LogP contribution is 2.23. The fourth-order valence-corrected chi connectivity index (χ4v) is 2.68. The normalized spacial score (nSPS) is 14.8. The molecular formula is C12H13BrN4. The molecule has 3 rings (SSSR count). The van der Waals surface area contributed by atoms with Gasteiger partial charge in [0, 0.05) is 20.1 Å². The summed E-state index contributed by atoms with van der Waals surface area (Å²) in [5.41, 5.74) is 2.84. The van der Waals surface area contributed by atoms with Crippen LogP contribution in [0.1, 0.15) is 11.1 Å². The highest BCUT2D eigenvalue weighted by atomic mass is 79.9. The number of aryl methyl sites for hydroxylation is 1. The fourth-order valence-electron chi connectivity index (χ4n) is 2.29. The SMILES string of the molecule is Cn1nc(Br)nc1N1CCc2ccccc2C1. The van der Waals surface area contributed by atoms with E-state index in [0.29, 0.717) is 4.73 Å². The number of nitrogens with zero attached hydrogens (tertiary/aromatic N) is 4. The lowest BCUT2D eigenvalue weighted by Crippen LogP contribution is -2.32. The fraction of sp³-hybridized carbons (Fsp3) is 0.333. The monoisotopic (exact) mass is 292 g/mol. The minimum absolute atomic E-state index is 0.647. The van der Waals surface area contributed by atoms with Crippen molar-refractivity contribution in [1.29, 1.82) is 0 Å². The molecule has 4 nitrogen and oxygen atoms in total. The molecule has 5 heteroatoms. The number of anilines is 1. The first-order chi connectivity index (χ1) is 8.24. The van der Waals surface area contributed by atoms with Crippen LogP contribution >= 0.6 is 15.9 Å². The van der Waals surface area contributed by atoms with E-state index in [0.717, 1.165) is 25.5 Å². The summed E-state index contributed by atoms with van der Waals surface area (Å²) in [6, 6.07) is 8.59. The molecule has 0 fully saturated rings. The van der Waals surface area contributed by atoms with Gasteiger partial charge in [-0.1, -0.05) is 24.3 Å². The molecule has 17 heavy (non-hydrogen) atoms. The molecule has 2 heterocycles. The number of rotatable bonds is 1. The Balaban J connectivity index is 1.92. The molecule has 2 aromatic rings. The summed E-state index contributed by atoms with van der Waals surface area (Å²) in [7, 11) is 1.92. The second kappa shape index (κ2) is 4.14. The Labute approximate surface area is 108 Å². The van der Waals surface area contributed by atoms with Crippen molar-refractivity contribution in [2.24, 2.45) is 7.05 Å². The molecule has 0 N–H and O–H groups in total. The number of fused-ring (bicyclic) bond motifs is 1. The van der Waals surface area contributed by atoms with Crippen LogP contribution in [0.3, 0.4) is 0 Å². The lowest BCUT2D eigenvalue weighted by Gasteiger charge is -2.28. The molecule has 1 aromatic carbocycles. The van der Waals surface area contributed by atoms with E-state index in [1.807, 2.05) is 11.7 Å². The lowest BCUT2D eigenvalue weighted by atomic mass is 10.0. The van der Waals surface area contributed by atoms with Crippen molar-refractivity contribution < 1.29 is 0 Å². The van der Waals surface area contributed by atoms with Gasteiger partial charge in [-0.15, -0.1) is 5.10 Å². The van der Waals surface area contributed by atoms with Crippen LogP contribution in [0.25, 0.3) is 0 Å². The van der Waals surface area contributed by atoms with Crippen LogP contribution in [-0.4, -0.2) is 21.3 Å². The molecule has 88 valence electrons. The van der Waals surface area contributed by atoms with Gasteiger partial charge in [0.05, 0.1) is 0 Å². The zero-order valence-corrected chi connectivity index (χ0v) is 11.2. The lowest BCUT2D eigenvalue weighted by molar-refractivity contribution is 0.662. The van der Waals surface area contributed by atoms with E-state index >= 15 is 0 Å². The van der Waals surface area contributed by atoms with Gasteiger partial charge in [0.15, 0.2) is 0 Å². The van der Waals surface area contributed by atoms with Crippen LogP contribution in [0, 0.1) is 0 Å². The van der Waals surface area contributed by atoms with Gasteiger partial charge in [-0.2, -0.15) is 4.98 Å². The van der Waals surface area contributed by atoms with Gasteiger partial charge in [0.2, 0.25) is 10.7 Å². The van der Waals surface area contributed by atoms with Gasteiger partial charge in [0.25, 0.3) is 0 Å². The maximum absolute atomic E-state index is 4.40. The zero-order chi connectivity index (χ0) is 11.8. The molecule has 0 aliphatic carbocycles. The third-order valence-corrected chi connectivity index (χ3v) is 3.46. The molecule has 1 aromatic heterocycles. The van der Waals surface area contributed by atoms with E-state index in [1.165, 1.54) is 11.1 Å². The molecule has 0 spiro atoms. The minimum atomic E-state index is 0.647. The van der Waals surface area contributed by atoms with Crippen LogP contribution in [0.2, 0.25) is 0 Å². The molecule has 0 bridgehead atoms. The van der Waals surface area contributed by atoms with Crippen molar-refractivity contribution in [3.8, 4) is 0 Å². The number of hydrogen-bond acceptors (Lipinski definition) is 3. The van der Waals surface area contributed by atoms with Crippen LogP contribution in [0.4, 0.5) is 5.95 Å². The first-order valence-electron chi connectivity index (χ1n) is 5.62. The molecule has 1 aliphatic rings. The molecule has 0 radical (unpaired) electrons. The smallest absolute Gasteiger partial charge is 0.224 e. The van der Waals surface area contributed by atoms with Crippen molar-refractivity contribution in [2.45, 2.75) is 13.0 Å². The molecule has 0 saturated carbocycles. The van der Waals surface area contributed by atoms with E-state index in [1.54, 1.807) is 0 Å². The van der Waals surface area contributed by atoms with Gasteiger partial charge < -0.3 is 4.90 Å². The van der Waals surface area contributed by atoms with Crippen molar-refractivity contribution in [1.82, 2.24) is 14.8 Å². The predicted octanol–water partition coefficient (Wildman–Crippen LogP) is 2.14. The van der Waals surface area contributed by atoms with Crippen LogP contribution in [-0.2, 0) is 20.0 Å². The van der Waals surface area contributed by atoms with E-state index < -0.39 is 0 Å². The molecular weight excluding hydrogens is 280 g/mol. The molecule has 0 atom stereocenters. The average molecular weight is 293 g/mol. The summed E-state index contributed by atoms with van der Waals surface area (Å²) in [4.78, 5) is 6.67. The average Bonchev–Trinajstić information content (AvgIpc) is 2.68. The van der Waals surface area contributed by atoms with Gasteiger partial charge in [0.1, 0.15) is 0 Å². The van der Waals surface area contributed by atoms with E-state index in [9.17, 15) is 0 Å². The summed E-state index contributed by atoms with van der Waals surface area (Å²) in [6.07, 6.45) is 1.07. The second-order valence-electron chi connectivity index (χ2n) is 4.24. The first-order valence-corrected chi connectivity index (χ1v) is 6.41. The van der Waals surface area contributed by atoms with Gasteiger partial charge in [-0.05, 0) is 33.5 Å². The third-order valence-electron chi connectivity index (χ3n) is 3.13. The third kappa shape index (κ3) is 1.95. The van der Waals surface area contributed by atoms with Crippen LogP contribution in [0.5, 0.6) is 0 Å². The van der Waals surface area contributed by atoms with Crippen LogP contribution < -0.4 is 4.90 Å². The highest BCUT2D eigenvalue weighted by Gasteiger charge is 2.19. The maximum atomic E-state index is 4.40. The summed E-state index contributed by atoms with van der Waals surface area (Å²) in [5, 5.41) is 4.22. The summed E-state index contributed by atoms with van der Waals surface area (Å²) < 4.78 is 2.46. The van der Waals surface area contributed by atoms with Crippen LogP contribution in [0.15, 0.2) is 29.0 Å². The minimum Gasteiger partial charge on any atom is -0.336 e. The van der Waals surface area contributed by atoms with Crippen molar-refractivity contribution in [2.75, 3.05) is 11.4 Å². The zero-order valence-electron chi connectivity index (χ0n) is 9.60. The largest absolute Gasteiger partial charge is 0.336 e. The molecule has 0 unspecified atom stereocenters. The Morgan fingerprint density at radius 3 is 2.71 bits per heavy atom. The van der Waals surface area contributed by atoms with Gasteiger partial charge in [-0.25, -0.2) is 4.68 Å². The standard InChI is InChI=1S/C12H13BrN4/c1-16-12(14-11(13)15-16)17-7-6-9-4-2-3-5-10(9)8-17/h2-5H,6-8H2,1H3. The molecule has 0 amide bonds. The molecule has 1 aliphatic heterocycles. The highest BCUT2D eigenvalue weighted by molar-refractivity contribution is 9.10. The number of benzene rings is 1. The summed E-state index contributed by atoms with van der Waals surface area (Å²) in [6.45, 7) is 1.91. The van der Waals surface area contributed by atoms with Crippen molar-refractivity contribution in [3.63, 3.8) is 0 Å². The summed E-state index contributed by atoms with van der Waals surface area (Å²) >= 11 is 3.31. The van der Waals surface area contributed by atoms with E-state index in [-0.39, 0.29) is 0 Å². The number of hydrogen-bond donors (Lipinski definition) is 0. The first kappa shape index (κ1) is 10.8. The Morgan fingerprint density at radius 1 is 1.24 bits per heavy atom. The van der Waals surface area contributed by atoms with Gasteiger partial charge in [-0.3, -0.25) is 0 Å². The van der Waals surface area contributed by atoms with Crippen molar-refractivity contribution >= 4 is 21.9 Å². The predicted molar refractivity (Wildman–Crippen MR) is 69.9 cm³/mol. The van der Waals surface area contributed by atoms with Crippen molar-refractivity contribution in [3.05, 3.63) is 40.1 Å². The Kier molecular flexibility index (Phi) is 2.63. The second-order valence-corrected chi connectivity index (χ2v) is 4.95. The topological polar surface area (TPSA) is 34.0 Å². The number of aromatic nitrogens is 3. The summed E-state index contributed by atoms with van der Waals surface area (Å²) in [5.74, 6) is 0.923. The Hall–Kier alpha value is -1.36. The Bertz CT molecular complexity index is 549. The quantitative estimate of drug-likeness (QED) is 0.808. The van der Waals surface area contributed by atoms with E-state index in [4.69, 9.17) is 0 Å². The van der Waals surface area contributed by atoms with Gasteiger partial charge >= 0.3 is 0 Å². The Morgan fingerprint density at radius 2 is 2.00 bits per heavy atom. The maximum Gasteiger partial charge on any atom is 0.224 e. The number of halogens is 1. The van der Waals surface area contributed by atoms with E-state index in [2.05, 4.69) is 55.2 Å². The molecule has 0 saturated heterocycles.